The third kappa shape index (κ3) is 2.65. The number of hydrogen-bond donors (Lipinski definition) is 1. The summed E-state index contributed by atoms with van der Waals surface area (Å²) in [5.74, 6) is 1.11. The highest BCUT2D eigenvalue weighted by Gasteiger charge is 2.54. The highest BCUT2D eigenvalue weighted by Crippen LogP contribution is 2.43. The lowest BCUT2D eigenvalue weighted by atomic mass is 9.67. The molecule has 1 aliphatic heterocycles. The number of aryl methyl sites for hydroxylation is 2. The van der Waals surface area contributed by atoms with E-state index in [4.69, 9.17) is 9.47 Å². The first-order chi connectivity index (χ1) is 10.1. The molecule has 1 N–H and O–H groups in total. The minimum Gasteiger partial charge on any atom is -0.384 e. The van der Waals surface area contributed by atoms with E-state index in [1.54, 1.807) is 20.1 Å². The molecule has 6 nitrogen and oxygen atoms in total. The lowest BCUT2D eigenvalue weighted by molar-refractivity contribution is -0.0810. The molecule has 3 rings (SSSR count). The molecule has 2 heterocycles. The van der Waals surface area contributed by atoms with Crippen LogP contribution in [0.3, 0.4) is 0 Å². The number of hydrogen-bond acceptors (Lipinski definition) is 5. The highest BCUT2D eigenvalue weighted by molar-refractivity contribution is 5.92. The molecular weight excluding hydrogens is 270 g/mol. The number of methoxy groups -OCH3 is 1. The molecule has 1 amide bonds. The van der Waals surface area contributed by atoms with Crippen LogP contribution in [0.2, 0.25) is 0 Å². The molecule has 2 fully saturated rings. The fraction of sp³-hybridized carbons (Fsp3) is 0.667. The number of carbonyl (C=O) groups excluding carboxylic acids is 1. The molecule has 114 valence electrons. The average Bonchev–Trinajstić information content (AvgIpc) is 2.85. The van der Waals surface area contributed by atoms with Crippen molar-refractivity contribution in [2.24, 2.45) is 11.8 Å². The molecule has 1 aromatic heterocycles. The zero-order valence-electron chi connectivity index (χ0n) is 12.6. The summed E-state index contributed by atoms with van der Waals surface area (Å²) < 4.78 is 11.0. The molecule has 0 spiro atoms. The maximum Gasteiger partial charge on any atom is 0.270 e. The molecule has 21 heavy (non-hydrogen) atoms. The van der Waals surface area contributed by atoms with E-state index in [2.05, 4.69) is 15.3 Å². The highest BCUT2D eigenvalue weighted by atomic mass is 16.5. The summed E-state index contributed by atoms with van der Waals surface area (Å²) >= 11 is 0. The van der Waals surface area contributed by atoms with Gasteiger partial charge in [-0.3, -0.25) is 4.79 Å². The van der Waals surface area contributed by atoms with Gasteiger partial charge >= 0.3 is 0 Å². The lowest BCUT2D eigenvalue weighted by Gasteiger charge is -2.47. The van der Waals surface area contributed by atoms with Crippen LogP contribution in [0.4, 0.5) is 0 Å². The first-order valence-corrected chi connectivity index (χ1v) is 7.34. The van der Waals surface area contributed by atoms with Gasteiger partial charge in [0, 0.05) is 37.3 Å². The lowest BCUT2D eigenvalue weighted by Crippen LogP contribution is -2.62. The second kappa shape index (κ2) is 5.69. The summed E-state index contributed by atoms with van der Waals surface area (Å²) in [7, 11) is 1.68. The van der Waals surface area contributed by atoms with Crippen LogP contribution >= 0.6 is 0 Å². The Bertz CT molecular complexity index is 529. The van der Waals surface area contributed by atoms with Gasteiger partial charge in [0.15, 0.2) is 0 Å². The summed E-state index contributed by atoms with van der Waals surface area (Å²) in [6.07, 6.45) is 1.22. The number of rotatable bonds is 4. The van der Waals surface area contributed by atoms with E-state index in [0.29, 0.717) is 24.0 Å². The summed E-state index contributed by atoms with van der Waals surface area (Å²) in [6, 6.07) is 1.83. The normalized spacial score (nSPS) is 30.6. The standard InChI is InChI=1S/C15H21N3O3/c1-8-6-12(17-9(2)16-8)15(19)18-13-10-4-5-21-14(10)11(13)7-20-3/h6,10-11,13-14H,4-5,7H2,1-3H3,(H,18,19)/t10-,11+,13+,14-/m0/s1. The van der Waals surface area contributed by atoms with Crippen LogP contribution in [0.5, 0.6) is 0 Å². The van der Waals surface area contributed by atoms with Crippen molar-refractivity contribution in [2.75, 3.05) is 20.3 Å². The van der Waals surface area contributed by atoms with E-state index < -0.39 is 0 Å². The molecule has 0 aromatic carbocycles. The van der Waals surface area contributed by atoms with Crippen LogP contribution < -0.4 is 5.32 Å². The topological polar surface area (TPSA) is 73.3 Å². The van der Waals surface area contributed by atoms with Gasteiger partial charge in [-0.15, -0.1) is 0 Å². The fourth-order valence-corrected chi connectivity index (χ4v) is 3.49. The van der Waals surface area contributed by atoms with Crippen molar-refractivity contribution in [3.8, 4) is 0 Å². The molecule has 1 aromatic rings. The maximum absolute atomic E-state index is 12.4. The van der Waals surface area contributed by atoms with Crippen LogP contribution in [0.25, 0.3) is 0 Å². The van der Waals surface area contributed by atoms with Gasteiger partial charge in [0.05, 0.1) is 12.7 Å². The molecule has 0 radical (unpaired) electrons. The molecule has 1 saturated carbocycles. The average molecular weight is 291 g/mol. The predicted octanol–water partition coefficient (Wildman–Crippen LogP) is 0.873. The van der Waals surface area contributed by atoms with Gasteiger partial charge in [-0.25, -0.2) is 9.97 Å². The fourth-order valence-electron chi connectivity index (χ4n) is 3.49. The molecule has 4 atom stereocenters. The van der Waals surface area contributed by atoms with E-state index in [9.17, 15) is 4.79 Å². The number of aromatic nitrogens is 2. The van der Waals surface area contributed by atoms with E-state index in [1.807, 2.05) is 6.92 Å². The second-order valence-electron chi connectivity index (χ2n) is 5.85. The van der Waals surface area contributed by atoms with Crippen LogP contribution in [-0.2, 0) is 9.47 Å². The van der Waals surface area contributed by atoms with Crippen molar-refractivity contribution in [3.63, 3.8) is 0 Å². The van der Waals surface area contributed by atoms with Gasteiger partial charge in [0.1, 0.15) is 11.5 Å². The second-order valence-corrected chi connectivity index (χ2v) is 5.85. The van der Waals surface area contributed by atoms with E-state index in [0.717, 1.165) is 18.7 Å². The van der Waals surface area contributed by atoms with Crippen molar-refractivity contribution in [3.05, 3.63) is 23.3 Å². The third-order valence-corrected chi connectivity index (χ3v) is 4.38. The Morgan fingerprint density at radius 2 is 2.29 bits per heavy atom. The van der Waals surface area contributed by atoms with Crippen molar-refractivity contribution >= 4 is 5.91 Å². The number of amides is 1. The van der Waals surface area contributed by atoms with Crippen molar-refractivity contribution in [1.29, 1.82) is 0 Å². The Hall–Kier alpha value is -1.53. The summed E-state index contributed by atoms with van der Waals surface area (Å²) in [5, 5.41) is 3.10. The number of nitrogens with one attached hydrogen (secondary N) is 1. The number of carbonyl (C=O) groups is 1. The predicted molar refractivity (Wildman–Crippen MR) is 76.0 cm³/mol. The van der Waals surface area contributed by atoms with Crippen LogP contribution in [0.1, 0.15) is 28.4 Å². The van der Waals surface area contributed by atoms with E-state index in [1.165, 1.54) is 0 Å². The molecule has 2 aliphatic rings. The minimum absolute atomic E-state index is 0.112. The van der Waals surface area contributed by atoms with E-state index in [-0.39, 0.29) is 24.0 Å². The van der Waals surface area contributed by atoms with Gasteiger partial charge in [-0.2, -0.15) is 0 Å². The molecular formula is C15H21N3O3. The van der Waals surface area contributed by atoms with Gasteiger partial charge in [0.2, 0.25) is 0 Å². The first kappa shape index (κ1) is 14.4. The van der Waals surface area contributed by atoms with Gasteiger partial charge in [-0.1, -0.05) is 0 Å². The zero-order valence-corrected chi connectivity index (χ0v) is 12.6. The summed E-state index contributed by atoms with van der Waals surface area (Å²) in [5.41, 5.74) is 1.23. The molecule has 6 heteroatoms. The zero-order chi connectivity index (χ0) is 15.0. The number of fused-ring (bicyclic) bond motifs is 1. The molecule has 0 bridgehead atoms. The Morgan fingerprint density at radius 3 is 3.00 bits per heavy atom. The van der Waals surface area contributed by atoms with Crippen molar-refractivity contribution in [2.45, 2.75) is 32.4 Å². The van der Waals surface area contributed by atoms with Crippen molar-refractivity contribution in [1.82, 2.24) is 15.3 Å². The maximum atomic E-state index is 12.4. The van der Waals surface area contributed by atoms with Crippen LogP contribution in [0, 0.1) is 25.7 Å². The van der Waals surface area contributed by atoms with Gasteiger partial charge in [0.25, 0.3) is 5.91 Å². The molecule has 0 unspecified atom stereocenters. The van der Waals surface area contributed by atoms with Crippen molar-refractivity contribution < 1.29 is 14.3 Å². The Morgan fingerprint density at radius 1 is 1.48 bits per heavy atom. The number of ether oxygens (including phenoxy) is 2. The van der Waals surface area contributed by atoms with Gasteiger partial charge in [-0.05, 0) is 26.3 Å². The van der Waals surface area contributed by atoms with Crippen LogP contribution in [-0.4, -0.2) is 48.3 Å². The summed E-state index contributed by atoms with van der Waals surface area (Å²) in [4.78, 5) is 20.8. The smallest absolute Gasteiger partial charge is 0.270 e. The van der Waals surface area contributed by atoms with E-state index >= 15 is 0 Å². The third-order valence-electron chi connectivity index (χ3n) is 4.38. The van der Waals surface area contributed by atoms with Crippen LogP contribution in [0.15, 0.2) is 6.07 Å². The first-order valence-electron chi connectivity index (χ1n) is 7.34. The quantitative estimate of drug-likeness (QED) is 0.891. The minimum atomic E-state index is -0.139. The molecule has 1 saturated heterocycles. The Labute approximate surface area is 124 Å². The van der Waals surface area contributed by atoms with Gasteiger partial charge < -0.3 is 14.8 Å². The Balaban J connectivity index is 1.71. The summed E-state index contributed by atoms with van der Waals surface area (Å²) in [6.45, 7) is 5.03. The Kier molecular flexibility index (Phi) is 3.91. The largest absolute Gasteiger partial charge is 0.384 e. The monoisotopic (exact) mass is 291 g/mol. The number of nitrogens with zero attached hydrogens (tertiary/aromatic N) is 2. The molecule has 1 aliphatic carbocycles. The SMILES string of the molecule is COC[C@@H]1[C@H](NC(=O)c2cc(C)nc(C)n2)[C@@H]2CCO[C@H]12.